The average Bonchev–Trinajstić information content (AvgIpc) is 2.48. The molecule has 0 bridgehead atoms. The molecule has 21 heavy (non-hydrogen) atoms. The number of hydrogen-bond acceptors (Lipinski definition) is 2. The topological polar surface area (TPSA) is 38.3 Å². The maximum Gasteiger partial charge on any atom is 0.217 e. The number of amides is 1. The van der Waals surface area contributed by atoms with E-state index in [4.69, 9.17) is 4.74 Å². The Kier molecular flexibility index (Phi) is 5.32. The Morgan fingerprint density at radius 2 is 1.86 bits per heavy atom. The third kappa shape index (κ3) is 5.26. The maximum absolute atomic E-state index is 12.8. The van der Waals surface area contributed by atoms with E-state index in [1.54, 1.807) is 12.1 Å². The molecule has 0 atom stereocenters. The predicted octanol–water partition coefficient (Wildman–Crippen LogP) is 3.08. The summed E-state index contributed by atoms with van der Waals surface area (Å²) >= 11 is 0. The van der Waals surface area contributed by atoms with E-state index >= 15 is 0 Å². The summed E-state index contributed by atoms with van der Waals surface area (Å²) in [6.45, 7) is 2.55. The average molecular weight is 287 g/mol. The molecule has 0 radical (unpaired) electrons. The van der Waals surface area contributed by atoms with Gasteiger partial charge in [0.05, 0.1) is 6.61 Å². The summed E-state index contributed by atoms with van der Waals surface area (Å²) in [6, 6.07) is 14.0. The van der Waals surface area contributed by atoms with Gasteiger partial charge in [-0.25, -0.2) is 4.39 Å². The molecule has 0 aliphatic carbocycles. The largest absolute Gasteiger partial charge is 0.493 e. The Hall–Kier alpha value is -2.36. The number of rotatable bonds is 6. The molecule has 0 aromatic heterocycles. The first-order chi connectivity index (χ1) is 10.1. The summed E-state index contributed by atoms with van der Waals surface area (Å²) in [5.74, 6) is 0.346. The van der Waals surface area contributed by atoms with E-state index < -0.39 is 0 Å². The molecule has 3 nitrogen and oxygen atoms in total. The van der Waals surface area contributed by atoms with E-state index in [0.29, 0.717) is 18.9 Å². The van der Waals surface area contributed by atoms with Crippen molar-refractivity contribution in [3.8, 4) is 5.75 Å². The zero-order valence-corrected chi connectivity index (χ0v) is 11.9. The van der Waals surface area contributed by atoms with Crippen molar-refractivity contribution in [2.45, 2.75) is 19.9 Å². The lowest BCUT2D eigenvalue weighted by Gasteiger charge is -2.08. The summed E-state index contributed by atoms with van der Waals surface area (Å²) in [4.78, 5) is 10.9. The second-order valence-electron chi connectivity index (χ2n) is 4.78. The van der Waals surface area contributed by atoms with Crippen molar-refractivity contribution < 1.29 is 13.9 Å². The lowest BCUT2D eigenvalue weighted by molar-refractivity contribution is -0.119. The number of ether oxygens (including phenoxy) is 1. The monoisotopic (exact) mass is 287 g/mol. The van der Waals surface area contributed by atoms with Crippen LogP contribution in [-0.2, 0) is 17.8 Å². The summed E-state index contributed by atoms with van der Waals surface area (Å²) in [5.41, 5.74) is 2.20. The van der Waals surface area contributed by atoms with E-state index in [1.807, 2.05) is 24.3 Å². The second-order valence-corrected chi connectivity index (χ2v) is 4.78. The van der Waals surface area contributed by atoms with Gasteiger partial charge in [0, 0.05) is 19.9 Å². The van der Waals surface area contributed by atoms with Gasteiger partial charge in [0.15, 0.2) is 0 Å². The van der Waals surface area contributed by atoms with Crippen molar-refractivity contribution in [3.63, 3.8) is 0 Å². The van der Waals surface area contributed by atoms with Crippen LogP contribution in [0.25, 0.3) is 0 Å². The number of benzene rings is 2. The van der Waals surface area contributed by atoms with Crippen LogP contribution < -0.4 is 10.1 Å². The van der Waals surface area contributed by atoms with Gasteiger partial charge in [0.1, 0.15) is 11.6 Å². The van der Waals surface area contributed by atoms with Crippen LogP contribution >= 0.6 is 0 Å². The zero-order chi connectivity index (χ0) is 15.1. The second kappa shape index (κ2) is 7.43. The minimum atomic E-state index is -0.270. The van der Waals surface area contributed by atoms with Crippen LogP contribution in [0.15, 0.2) is 48.5 Å². The Morgan fingerprint density at radius 3 is 2.57 bits per heavy atom. The molecule has 0 saturated heterocycles. The maximum atomic E-state index is 12.8. The summed E-state index contributed by atoms with van der Waals surface area (Å²) in [7, 11) is 0. The molecule has 1 amide bonds. The smallest absolute Gasteiger partial charge is 0.217 e. The molecule has 4 heteroatoms. The molecule has 2 aromatic rings. The van der Waals surface area contributed by atoms with Gasteiger partial charge >= 0.3 is 0 Å². The fourth-order valence-electron chi connectivity index (χ4n) is 1.94. The standard InChI is InChI=1S/C17H18FNO2/c1-13(20)19-12-15-4-2-3-14(11-15)9-10-21-17-7-5-16(18)6-8-17/h2-8,11H,9-10,12H2,1H3,(H,19,20). The molecule has 0 unspecified atom stereocenters. The van der Waals surface area contributed by atoms with Crippen LogP contribution in [0.3, 0.4) is 0 Å². The zero-order valence-electron chi connectivity index (χ0n) is 11.9. The molecule has 0 spiro atoms. The fraction of sp³-hybridized carbons (Fsp3) is 0.235. The van der Waals surface area contributed by atoms with Crippen LogP contribution in [0, 0.1) is 5.82 Å². The first kappa shape index (κ1) is 15.0. The van der Waals surface area contributed by atoms with Crippen molar-refractivity contribution >= 4 is 5.91 Å². The van der Waals surface area contributed by atoms with E-state index in [9.17, 15) is 9.18 Å². The van der Waals surface area contributed by atoms with Gasteiger partial charge < -0.3 is 10.1 Å². The summed E-state index contributed by atoms with van der Waals surface area (Å²) in [6.07, 6.45) is 0.755. The normalized spacial score (nSPS) is 10.2. The first-order valence-corrected chi connectivity index (χ1v) is 6.84. The number of carbonyl (C=O) groups excluding carboxylic acids is 1. The van der Waals surface area contributed by atoms with Crippen molar-refractivity contribution in [1.29, 1.82) is 0 Å². The van der Waals surface area contributed by atoms with Crippen molar-refractivity contribution in [3.05, 3.63) is 65.5 Å². The molecule has 0 aliphatic rings. The number of hydrogen-bond donors (Lipinski definition) is 1. The molecule has 110 valence electrons. The number of halogens is 1. The molecule has 2 aromatic carbocycles. The van der Waals surface area contributed by atoms with Crippen LogP contribution in [0.4, 0.5) is 4.39 Å². The molecule has 0 saturated carbocycles. The number of carbonyl (C=O) groups is 1. The Balaban J connectivity index is 1.83. The number of nitrogens with one attached hydrogen (secondary N) is 1. The Bertz CT molecular complexity index is 596. The molecular weight excluding hydrogens is 269 g/mol. The van der Waals surface area contributed by atoms with Crippen molar-refractivity contribution in [2.24, 2.45) is 0 Å². The minimum absolute atomic E-state index is 0.0416. The predicted molar refractivity (Wildman–Crippen MR) is 79.6 cm³/mol. The van der Waals surface area contributed by atoms with Crippen LogP contribution in [0.1, 0.15) is 18.1 Å². The molecule has 0 fully saturated rings. The quantitative estimate of drug-likeness (QED) is 0.886. The highest BCUT2D eigenvalue weighted by Crippen LogP contribution is 2.12. The van der Waals surface area contributed by atoms with E-state index in [1.165, 1.54) is 19.1 Å². The lowest BCUT2D eigenvalue weighted by atomic mass is 10.1. The van der Waals surface area contributed by atoms with Gasteiger partial charge in [-0.05, 0) is 35.4 Å². The molecule has 1 N–H and O–H groups in total. The SMILES string of the molecule is CC(=O)NCc1cccc(CCOc2ccc(F)cc2)c1. The van der Waals surface area contributed by atoms with E-state index in [-0.39, 0.29) is 11.7 Å². The third-order valence-corrected chi connectivity index (χ3v) is 3.01. The van der Waals surface area contributed by atoms with Crippen molar-refractivity contribution in [1.82, 2.24) is 5.32 Å². The van der Waals surface area contributed by atoms with Crippen LogP contribution in [-0.4, -0.2) is 12.5 Å². The highest BCUT2D eigenvalue weighted by molar-refractivity contribution is 5.72. The minimum Gasteiger partial charge on any atom is -0.493 e. The highest BCUT2D eigenvalue weighted by atomic mass is 19.1. The van der Waals surface area contributed by atoms with Gasteiger partial charge in [-0.15, -0.1) is 0 Å². The van der Waals surface area contributed by atoms with Gasteiger partial charge in [-0.1, -0.05) is 24.3 Å². The van der Waals surface area contributed by atoms with Gasteiger partial charge in [0.2, 0.25) is 5.91 Å². The first-order valence-electron chi connectivity index (χ1n) is 6.84. The lowest BCUT2D eigenvalue weighted by Crippen LogP contribution is -2.18. The summed E-state index contributed by atoms with van der Waals surface area (Å²) in [5, 5.41) is 2.77. The molecule has 2 rings (SSSR count). The molecule has 0 aliphatic heterocycles. The fourth-order valence-corrected chi connectivity index (χ4v) is 1.94. The van der Waals surface area contributed by atoms with Crippen molar-refractivity contribution in [2.75, 3.05) is 6.61 Å². The third-order valence-electron chi connectivity index (χ3n) is 3.01. The molecular formula is C17H18FNO2. The van der Waals surface area contributed by atoms with E-state index in [0.717, 1.165) is 17.5 Å². The van der Waals surface area contributed by atoms with Gasteiger partial charge in [-0.2, -0.15) is 0 Å². The van der Waals surface area contributed by atoms with Gasteiger partial charge in [0.25, 0.3) is 0 Å². The van der Waals surface area contributed by atoms with Crippen LogP contribution in [0.2, 0.25) is 0 Å². The molecule has 0 heterocycles. The Morgan fingerprint density at radius 1 is 1.14 bits per heavy atom. The summed E-state index contributed by atoms with van der Waals surface area (Å²) < 4.78 is 18.3. The van der Waals surface area contributed by atoms with Crippen LogP contribution in [0.5, 0.6) is 5.75 Å². The highest BCUT2D eigenvalue weighted by Gasteiger charge is 1.99. The van der Waals surface area contributed by atoms with Gasteiger partial charge in [-0.3, -0.25) is 4.79 Å². The Labute approximate surface area is 123 Å². The van der Waals surface area contributed by atoms with E-state index in [2.05, 4.69) is 5.32 Å².